The Labute approximate surface area is 100 Å². The van der Waals surface area contributed by atoms with Crippen molar-refractivity contribution in [3.05, 3.63) is 28.0 Å². The number of benzene rings is 1. The summed E-state index contributed by atoms with van der Waals surface area (Å²) in [6.07, 6.45) is 0. The maximum atomic E-state index is 13.6. The summed E-state index contributed by atoms with van der Waals surface area (Å²) in [5, 5.41) is 0. The van der Waals surface area contributed by atoms with Gasteiger partial charge in [0.05, 0.1) is 0 Å². The molecular formula is C9H11BrFN5. The van der Waals surface area contributed by atoms with Crippen LogP contribution in [0.4, 0.5) is 10.1 Å². The van der Waals surface area contributed by atoms with E-state index in [-0.39, 0.29) is 17.6 Å². The van der Waals surface area contributed by atoms with Gasteiger partial charge in [0.15, 0.2) is 11.8 Å². The van der Waals surface area contributed by atoms with E-state index in [4.69, 9.17) is 17.2 Å². The maximum Gasteiger partial charge on any atom is 0.223 e. The van der Waals surface area contributed by atoms with Gasteiger partial charge in [-0.25, -0.2) is 9.38 Å². The van der Waals surface area contributed by atoms with Gasteiger partial charge >= 0.3 is 0 Å². The fraction of sp³-hybridized carbons (Fsp3) is 0.111. The van der Waals surface area contributed by atoms with Crippen molar-refractivity contribution in [2.24, 2.45) is 27.2 Å². The predicted octanol–water partition coefficient (Wildman–Crippen LogP) is 1.12. The summed E-state index contributed by atoms with van der Waals surface area (Å²) in [6, 6.07) is 3.11. The molecule has 1 aromatic rings. The molecule has 7 heteroatoms. The van der Waals surface area contributed by atoms with Gasteiger partial charge in [0.2, 0.25) is 5.96 Å². The third kappa shape index (κ3) is 3.20. The predicted molar refractivity (Wildman–Crippen MR) is 65.9 cm³/mol. The highest BCUT2D eigenvalue weighted by atomic mass is 79.9. The summed E-state index contributed by atoms with van der Waals surface area (Å²) in [6.45, 7) is 1.62. The van der Waals surface area contributed by atoms with Gasteiger partial charge in [0.25, 0.3) is 0 Å². The highest BCUT2D eigenvalue weighted by molar-refractivity contribution is 9.10. The number of aryl methyl sites for hydroxylation is 1. The zero-order valence-electron chi connectivity index (χ0n) is 8.54. The fourth-order valence-corrected chi connectivity index (χ4v) is 1.63. The molecule has 0 fully saturated rings. The van der Waals surface area contributed by atoms with Crippen molar-refractivity contribution in [2.45, 2.75) is 6.92 Å². The van der Waals surface area contributed by atoms with Crippen molar-refractivity contribution in [2.75, 3.05) is 0 Å². The van der Waals surface area contributed by atoms with Gasteiger partial charge in [-0.15, -0.1) is 0 Å². The lowest BCUT2D eigenvalue weighted by Gasteiger charge is -2.02. The monoisotopic (exact) mass is 287 g/mol. The quantitative estimate of drug-likeness (QED) is 0.533. The van der Waals surface area contributed by atoms with Gasteiger partial charge in [0.1, 0.15) is 5.69 Å². The van der Waals surface area contributed by atoms with Crippen LogP contribution < -0.4 is 17.2 Å². The molecule has 0 amide bonds. The largest absolute Gasteiger partial charge is 0.370 e. The second-order valence-electron chi connectivity index (χ2n) is 3.06. The summed E-state index contributed by atoms with van der Waals surface area (Å²) in [5.74, 6) is -0.887. The van der Waals surface area contributed by atoms with Gasteiger partial charge in [-0.2, -0.15) is 4.99 Å². The average molecular weight is 288 g/mol. The first-order valence-corrected chi connectivity index (χ1v) is 5.09. The van der Waals surface area contributed by atoms with E-state index in [1.54, 1.807) is 13.0 Å². The highest BCUT2D eigenvalue weighted by Gasteiger charge is 2.06. The Morgan fingerprint density at radius 2 is 1.94 bits per heavy atom. The van der Waals surface area contributed by atoms with Gasteiger partial charge in [-0.05, 0) is 24.6 Å². The van der Waals surface area contributed by atoms with Crippen LogP contribution in [-0.4, -0.2) is 11.9 Å². The van der Waals surface area contributed by atoms with Crippen LogP contribution in [0.5, 0.6) is 0 Å². The van der Waals surface area contributed by atoms with Gasteiger partial charge in [-0.1, -0.05) is 15.9 Å². The molecule has 0 saturated heterocycles. The first kappa shape index (κ1) is 12.4. The molecule has 1 aromatic carbocycles. The molecular weight excluding hydrogens is 277 g/mol. The number of hydrogen-bond donors (Lipinski definition) is 3. The number of nitrogens with zero attached hydrogens (tertiary/aromatic N) is 2. The van der Waals surface area contributed by atoms with E-state index in [1.165, 1.54) is 6.07 Å². The Kier molecular flexibility index (Phi) is 3.83. The second-order valence-corrected chi connectivity index (χ2v) is 3.98. The zero-order valence-corrected chi connectivity index (χ0v) is 10.1. The first-order valence-electron chi connectivity index (χ1n) is 4.29. The van der Waals surface area contributed by atoms with Crippen LogP contribution in [0.2, 0.25) is 0 Å². The van der Waals surface area contributed by atoms with Crippen molar-refractivity contribution >= 4 is 33.5 Å². The molecule has 16 heavy (non-hydrogen) atoms. The normalized spacial score (nSPS) is 11.3. The Hall–Kier alpha value is -1.63. The van der Waals surface area contributed by atoms with Crippen LogP contribution in [0, 0.1) is 12.7 Å². The minimum atomic E-state index is -0.461. The molecule has 0 spiro atoms. The van der Waals surface area contributed by atoms with Crippen LogP contribution in [-0.2, 0) is 0 Å². The third-order valence-corrected chi connectivity index (χ3v) is 2.14. The number of rotatable bonds is 1. The standard InChI is InChI=1S/C9H11BrFN5/c1-4-2-5(10)3-6(7(4)11)15-9(14)16-8(12)13/h2-3H,1H3,(H6,12,13,14,15,16). The van der Waals surface area contributed by atoms with Gasteiger partial charge in [0, 0.05) is 4.47 Å². The second kappa shape index (κ2) is 4.93. The summed E-state index contributed by atoms with van der Waals surface area (Å²) in [5.41, 5.74) is 16.1. The molecule has 0 radical (unpaired) electrons. The van der Waals surface area contributed by atoms with Crippen molar-refractivity contribution in [1.82, 2.24) is 0 Å². The molecule has 0 aliphatic rings. The SMILES string of the molecule is Cc1cc(Br)cc(N=C(N)N=C(N)N)c1F. The van der Waals surface area contributed by atoms with Crippen molar-refractivity contribution in [1.29, 1.82) is 0 Å². The molecule has 5 nitrogen and oxygen atoms in total. The lowest BCUT2D eigenvalue weighted by molar-refractivity contribution is 0.620. The van der Waals surface area contributed by atoms with Crippen LogP contribution in [0.1, 0.15) is 5.56 Å². The lowest BCUT2D eigenvalue weighted by Crippen LogP contribution is -2.26. The van der Waals surface area contributed by atoms with E-state index in [1.807, 2.05) is 0 Å². The van der Waals surface area contributed by atoms with Gasteiger partial charge < -0.3 is 17.2 Å². The van der Waals surface area contributed by atoms with Gasteiger partial charge in [-0.3, -0.25) is 0 Å². The first-order chi connectivity index (χ1) is 7.40. The van der Waals surface area contributed by atoms with Crippen LogP contribution >= 0.6 is 15.9 Å². The van der Waals surface area contributed by atoms with Crippen molar-refractivity contribution < 1.29 is 4.39 Å². The number of aliphatic imine (C=N–C) groups is 2. The lowest BCUT2D eigenvalue weighted by atomic mass is 10.2. The summed E-state index contributed by atoms with van der Waals surface area (Å²) in [4.78, 5) is 7.25. The Bertz CT molecular complexity index is 465. The smallest absolute Gasteiger partial charge is 0.223 e. The topological polar surface area (TPSA) is 103 Å². The minimum Gasteiger partial charge on any atom is -0.370 e. The van der Waals surface area contributed by atoms with Crippen LogP contribution in [0.25, 0.3) is 0 Å². The molecule has 86 valence electrons. The summed E-state index contributed by atoms with van der Waals surface area (Å²) >= 11 is 3.23. The molecule has 0 aliphatic heterocycles. The number of nitrogens with two attached hydrogens (primary N) is 3. The van der Waals surface area contributed by atoms with E-state index < -0.39 is 5.82 Å². The Morgan fingerprint density at radius 1 is 1.31 bits per heavy atom. The third-order valence-electron chi connectivity index (χ3n) is 1.68. The number of hydrogen-bond acceptors (Lipinski definition) is 1. The van der Waals surface area contributed by atoms with E-state index in [2.05, 4.69) is 25.9 Å². The van der Waals surface area contributed by atoms with Crippen LogP contribution in [0.15, 0.2) is 26.6 Å². The molecule has 0 heterocycles. The molecule has 0 aromatic heterocycles. The number of halogens is 2. The van der Waals surface area contributed by atoms with Crippen LogP contribution in [0.3, 0.4) is 0 Å². The molecule has 0 aliphatic carbocycles. The van der Waals surface area contributed by atoms with E-state index >= 15 is 0 Å². The number of guanidine groups is 2. The van der Waals surface area contributed by atoms with Crippen molar-refractivity contribution in [3.8, 4) is 0 Å². The molecule has 0 saturated carbocycles. The molecule has 6 N–H and O–H groups in total. The summed E-state index contributed by atoms with van der Waals surface area (Å²) in [7, 11) is 0. The molecule has 0 atom stereocenters. The minimum absolute atomic E-state index is 0.0781. The van der Waals surface area contributed by atoms with E-state index in [9.17, 15) is 4.39 Å². The molecule has 0 bridgehead atoms. The average Bonchev–Trinajstić information content (AvgIpc) is 2.11. The molecule has 0 unspecified atom stereocenters. The highest BCUT2D eigenvalue weighted by Crippen LogP contribution is 2.26. The molecule has 1 rings (SSSR count). The van der Waals surface area contributed by atoms with E-state index in [0.29, 0.717) is 10.0 Å². The Morgan fingerprint density at radius 3 is 2.50 bits per heavy atom. The zero-order chi connectivity index (χ0) is 12.3. The maximum absolute atomic E-state index is 13.6. The fourth-order valence-electron chi connectivity index (χ4n) is 1.07. The summed E-state index contributed by atoms with van der Waals surface area (Å²) < 4.78 is 14.3. The van der Waals surface area contributed by atoms with Crippen molar-refractivity contribution in [3.63, 3.8) is 0 Å². The Balaban J connectivity index is 3.20. The van der Waals surface area contributed by atoms with E-state index in [0.717, 1.165) is 0 Å².